The minimum atomic E-state index is -4.56. The molecule has 0 aliphatic carbocycles. The van der Waals surface area contributed by atoms with E-state index in [1.807, 2.05) is 11.9 Å². The number of nitrogens with one attached hydrogen (secondary N) is 1. The van der Waals surface area contributed by atoms with Gasteiger partial charge in [-0.2, -0.15) is 18.3 Å². The summed E-state index contributed by atoms with van der Waals surface area (Å²) in [5.41, 5.74) is 1.79. The minimum Gasteiger partial charge on any atom is -0.322 e. The van der Waals surface area contributed by atoms with Gasteiger partial charge in [-0.15, -0.1) is 0 Å². The van der Waals surface area contributed by atoms with Crippen molar-refractivity contribution in [1.82, 2.24) is 24.4 Å². The van der Waals surface area contributed by atoms with E-state index in [9.17, 15) is 18.0 Å². The first-order valence-electron chi connectivity index (χ1n) is 12.9. The number of hydrogen-bond donors (Lipinski definition) is 1. The van der Waals surface area contributed by atoms with E-state index in [2.05, 4.69) is 38.7 Å². The van der Waals surface area contributed by atoms with Gasteiger partial charge in [0.2, 0.25) is 0 Å². The molecule has 0 bridgehead atoms. The van der Waals surface area contributed by atoms with Crippen LogP contribution in [-0.2, 0) is 17.5 Å². The predicted molar refractivity (Wildman–Crippen MR) is 154 cm³/mol. The standard InChI is InChI=1S/C30H30ClF3N6O/c1-5-21(16-22(20(2)3)7-9-25-18-35-28-11-10-27(31)37-40(25)28)29(41)36-24-8-6-23(26(17-24)30(32,33)34)19-39-14-12-38(4)13-15-39/h5-6,8,10-11,16-18H,2,12-15,19H2,1,3-4H3,(H,36,41)/b21-5+,22-16-. The highest BCUT2D eigenvalue weighted by molar-refractivity contribution is 6.29. The number of halogens is 4. The number of alkyl halides is 3. The van der Waals surface area contributed by atoms with Crippen LogP contribution in [0.2, 0.25) is 5.15 Å². The SMILES string of the molecule is C=C(C)/C(C#Cc1cnc2ccc(Cl)nn12)=C\C(=C/C)C(=O)Nc1ccc(CN2CCN(C)CC2)c(C(F)(F)F)c1. The molecular formula is C30H30ClF3N6O. The van der Waals surface area contributed by atoms with Crippen molar-refractivity contribution in [2.24, 2.45) is 0 Å². The Morgan fingerprint density at radius 2 is 1.93 bits per heavy atom. The first-order chi connectivity index (χ1) is 19.4. The molecule has 3 aromatic rings. The van der Waals surface area contributed by atoms with Crippen LogP contribution >= 0.6 is 11.6 Å². The van der Waals surface area contributed by atoms with Crippen LogP contribution in [0.4, 0.5) is 18.9 Å². The minimum absolute atomic E-state index is 0.0499. The first kappa shape index (κ1) is 30.1. The Kier molecular flexibility index (Phi) is 9.33. The molecule has 1 N–H and O–H groups in total. The number of hydrogen-bond acceptors (Lipinski definition) is 5. The Morgan fingerprint density at radius 3 is 2.59 bits per heavy atom. The molecule has 2 aromatic heterocycles. The quantitative estimate of drug-likeness (QED) is 0.233. The van der Waals surface area contributed by atoms with Gasteiger partial charge in [-0.3, -0.25) is 9.69 Å². The lowest BCUT2D eigenvalue weighted by Gasteiger charge is -2.33. The number of piperazine rings is 1. The third kappa shape index (κ3) is 7.64. The van der Waals surface area contributed by atoms with E-state index in [0.29, 0.717) is 35.6 Å². The van der Waals surface area contributed by atoms with E-state index < -0.39 is 17.6 Å². The second-order valence-corrected chi connectivity index (χ2v) is 10.2. The van der Waals surface area contributed by atoms with Gasteiger partial charge in [-0.1, -0.05) is 36.2 Å². The Labute approximate surface area is 242 Å². The number of fused-ring (bicyclic) bond motifs is 1. The molecule has 1 saturated heterocycles. The first-order valence-corrected chi connectivity index (χ1v) is 13.3. The zero-order chi connectivity index (χ0) is 29.7. The molecule has 0 saturated carbocycles. The van der Waals surface area contributed by atoms with Crippen LogP contribution in [0, 0.1) is 11.8 Å². The van der Waals surface area contributed by atoms with E-state index in [4.69, 9.17) is 11.6 Å². The molecular weight excluding hydrogens is 553 g/mol. The number of imidazole rings is 1. The van der Waals surface area contributed by atoms with Crippen LogP contribution in [0.25, 0.3) is 5.65 Å². The molecule has 3 heterocycles. The van der Waals surface area contributed by atoms with E-state index in [-0.39, 0.29) is 28.5 Å². The van der Waals surface area contributed by atoms with E-state index >= 15 is 0 Å². The number of anilines is 1. The summed E-state index contributed by atoms with van der Waals surface area (Å²) in [6.45, 7) is 10.5. The monoisotopic (exact) mass is 582 g/mol. The summed E-state index contributed by atoms with van der Waals surface area (Å²) < 4.78 is 43.5. The summed E-state index contributed by atoms with van der Waals surface area (Å²) in [4.78, 5) is 21.5. The molecule has 1 fully saturated rings. The van der Waals surface area contributed by atoms with Gasteiger partial charge in [0.05, 0.1) is 11.8 Å². The fraction of sp³-hybridized carbons (Fsp3) is 0.300. The highest BCUT2D eigenvalue weighted by Crippen LogP contribution is 2.34. The number of nitrogens with zero attached hydrogens (tertiary/aromatic N) is 5. The Balaban J connectivity index is 1.55. The second kappa shape index (κ2) is 12.7. The summed E-state index contributed by atoms with van der Waals surface area (Å²) in [7, 11) is 1.99. The highest BCUT2D eigenvalue weighted by Gasteiger charge is 2.34. The van der Waals surface area contributed by atoms with Gasteiger partial charge < -0.3 is 10.2 Å². The number of amides is 1. The largest absolute Gasteiger partial charge is 0.416 e. The molecule has 7 nitrogen and oxygen atoms in total. The molecule has 1 amide bonds. The molecule has 4 rings (SSSR count). The van der Waals surface area contributed by atoms with Gasteiger partial charge in [0.15, 0.2) is 5.65 Å². The Hall–Kier alpha value is -3.91. The van der Waals surface area contributed by atoms with Crippen LogP contribution in [0.1, 0.15) is 30.7 Å². The normalized spacial score (nSPS) is 15.5. The Morgan fingerprint density at radius 1 is 1.20 bits per heavy atom. The van der Waals surface area contributed by atoms with Gasteiger partial charge in [-0.05, 0) is 68.3 Å². The average Bonchev–Trinajstić information content (AvgIpc) is 3.32. The summed E-state index contributed by atoms with van der Waals surface area (Å²) in [5, 5.41) is 7.07. The maximum absolute atomic E-state index is 14.0. The van der Waals surface area contributed by atoms with Crippen molar-refractivity contribution in [1.29, 1.82) is 0 Å². The van der Waals surface area contributed by atoms with Crippen molar-refractivity contribution in [2.75, 3.05) is 38.5 Å². The van der Waals surface area contributed by atoms with E-state index in [1.165, 1.54) is 16.6 Å². The van der Waals surface area contributed by atoms with Crippen molar-refractivity contribution in [3.8, 4) is 11.8 Å². The van der Waals surface area contributed by atoms with Gasteiger partial charge >= 0.3 is 6.18 Å². The molecule has 1 aliphatic heterocycles. The molecule has 0 atom stereocenters. The number of carbonyl (C=O) groups excluding carboxylic acids is 1. The zero-order valence-corrected chi connectivity index (χ0v) is 23.8. The van der Waals surface area contributed by atoms with Crippen LogP contribution in [0.3, 0.4) is 0 Å². The Bertz CT molecular complexity index is 1590. The number of allylic oxidation sites excluding steroid dienone is 3. The topological polar surface area (TPSA) is 65.8 Å². The predicted octanol–water partition coefficient (Wildman–Crippen LogP) is 5.59. The van der Waals surface area contributed by atoms with Crippen LogP contribution in [-0.4, -0.2) is 63.5 Å². The maximum Gasteiger partial charge on any atom is 0.416 e. The molecule has 0 spiro atoms. The lowest BCUT2D eigenvalue weighted by Crippen LogP contribution is -2.44. The summed E-state index contributed by atoms with van der Waals surface area (Å²) in [6, 6.07) is 7.25. The third-order valence-corrected chi connectivity index (χ3v) is 6.85. The summed E-state index contributed by atoms with van der Waals surface area (Å²) in [6.07, 6.45) is 0.0881. The van der Waals surface area contributed by atoms with Crippen LogP contribution in [0.5, 0.6) is 0 Å². The fourth-order valence-electron chi connectivity index (χ4n) is 4.28. The van der Waals surface area contributed by atoms with Crippen LogP contribution in [0.15, 0.2) is 72.0 Å². The number of carbonyl (C=O) groups is 1. The van der Waals surface area contributed by atoms with Crippen molar-refractivity contribution in [3.05, 3.63) is 94.0 Å². The van der Waals surface area contributed by atoms with Gasteiger partial charge in [0.25, 0.3) is 5.91 Å². The van der Waals surface area contributed by atoms with E-state index in [1.54, 1.807) is 44.3 Å². The number of likely N-dealkylation sites (N-methyl/N-ethyl adjacent to an activating group) is 1. The molecule has 1 aliphatic rings. The number of aromatic nitrogens is 3. The average molecular weight is 583 g/mol. The number of rotatable bonds is 6. The van der Waals surface area contributed by atoms with Crippen molar-refractivity contribution < 1.29 is 18.0 Å². The molecule has 11 heteroatoms. The van der Waals surface area contributed by atoms with Crippen LogP contribution < -0.4 is 5.32 Å². The van der Waals surface area contributed by atoms with Gasteiger partial charge in [0, 0.05) is 49.6 Å². The lowest BCUT2D eigenvalue weighted by molar-refractivity contribution is -0.138. The van der Waals surface area contributed by atoms with Gasteiger partial charge in [-0.25, -0.2) is 9.50 Å². The molecule has 1 aromatic carbocycles. The molecule has 214 valence electrons. The smallest absolute Gasteiger partial charge is 0.322 e. The highest BCUT2D eigenvalue weighted by atomic mass is 35.5. The zero-order valence-electron chi connectivity index (χ0n) is 23.0. The number of benzene rings is 1. The van der Waals surface area contributed by atoms with Crippen molar-refractivity contribution in [2.45, 2.75) is 26.6 Å². The second-order valence-electron chi connectivity index (χ2n) is 9.81. The fourth-order valence-corrected chi connectivity index (χ4v) is 4.41. The lowest BCUT2D eigenvalue weighted by atomic mass is 10.0. The maximum atomic E-state index is 14.0. The molecule has 41 heavy (non-hydrogen) atoms. The molecule has 0 unspecified atom stereocenters. The molecule has 0 radical (unpaired) electrons. The summed E-state index contributed by atoms with van der Waals surface area (Å²) in [5.74, 6) is 5.38. The van der Waals surface area contributed by atoms with Crippen molar-refractivity contribution >= 4 is 28.8 Å². The van der Waals surface area contributed by atoms with E-state index in [0.717, 1.165) is 19.2 Å². The summed E-state index contributed by atoms with van der Waals surface area (Å²) >= 11 is 5.99. The van der Waals surface area contributed by atoms with Crippen molar-refractivity contribution in [3.63, 3.8) is 0 Å². The van der Waals surface area contributed by atoms with Gasteiger partial charge in [0.1, 0.15) is 10.8 Å². The third-order valence-electron chi connectivity index (χ3n) is 6.65.